The molecule has 0 aliphatic rings. The average molecular weight is 291 g/mol. The largest absolute Gasteiger partial charge is 0.228 e. The van der Waals surface area contributed by atoms with Crippen LogP contribution in [0.15, 0.2) is 36.4 Å². The lowest BCUT2D eigenvalue weighted by molar-refractivity contribution is 0.618. The number of nitrogens with zero attached hydrogens (tertiary/aromatic N) is 2. The Labute approximate surface area is 119 Å². The molecule has 0 atom stereocenters. The van der Waals surface area contributed by atoms with E-state index in [1.165, 1.54) is 24.3 Å². The number of hydrogen-bond donors (Lipinski definition) is 0. The molecule has 0 aliphatic heterocycles. The van der Waals surface area contributed by atoms with Gasteiger partial charge in [-0.15, -0.1) is 0 Å². The minimum atomic E-state index is -0.395. The number of benzene rings is 2. The zero-order valence-electron chi connectivity index (χ0n) is 10.5. The van der Waals surface area contributed by atoms with Gasteiger partial charge in [-0.25, -0.2) is 18.7 Å². The van der Waals surface area contributed by atoms with Crippen molar-refractivity contribution in [2.45, 2.75) is 6.92 Å². The average Bonchev–Trinajstić information content (AvgIpc) is 2.42. The Morgan fingerprint density at radius 2 is 1.80 bits per heavy atom. The lowest BCUT2D eigenvalue weighted by atomic mass is 10.1. The van der Waals surface area contributed by atoms with Crippen molar-refractivity contribution in [1.82, 2.24) is 9.97 Å². The van der Waals surface area contributed by atoms with Crippen LogP contribution in [-0.2, 0) is 0 Å². The topological polar surface area (TPSA) is 25.8 Å². The molecule has 100 valence electrons. The van der Waals surface area contributed by atoms with E-state index in [4.69, 9.17) is 11.6 Å². The second kappa shape index (κ2) is 4.80. The van der Waals surface area contributed by atoms with Crippen LogP contribution in [0, 0.1) is 18.6 Å². The molecule has 0 radical (unpaired) electrons. The van der Waals surface area contributed by atoms with Gasteiger partial charge in [0, 0.05) is 10.9 Å². The fourth-order valence-corrected chi connectivity index (χ4v) is 2.21. The summed E-state index contributed by atoms with van der Waals surface area (Å²) < 4.78 is 26.5. The lowest BCUT2D eigenvalue weighted by Crippen LogP contribution is -1.93. The van der Waals surface area contributed by atoms with Gasteiger partial charge in [-0.1, -0.05) is 11.6 Å². The first-order chi connectivity index (χ1) is 9.54. The van der Waals surface area contributed by atoms with E-state index in [1.807, 2.05) is 0 Å². The smallest absolute Gasteiger partial charge is 0.161 e. The molecule has 0 saturated carbocycles. The first-order valence-corrected chi connectivity index (χ1v) is 6.32. The highest BCUT2D eigenvalue weighted by Crippen LogP contribution is 2.26. The fraction of sp³-hybridized carbons (Fsp3) is 0.0667. The van der Waals surface area contributed by atoms with Gasteiger partial charge in [0.1, 0.15) is 16.8 Å². The number of hydrogen-bond acceptors (Lipinski definition) is 2. The van der Waals surface area contributed by atoms with Crippen molar-refractivity contribution in [1.29, 1.82) is 0 Å². The highest BCUT2D eigenvalue weighted by molar-refractivity contribution is 6.34. The summed E-state index contributed by atoms with van der Waals surface area (Å²) in [4.78, 5) is 8.48. The van der Waals surface area contributed by atoms with E-state index in [9.17, 15) is 8.78 Å². The quantitative estimate of drug-likeness (QED) is 0.615. The Hall–Kier alpha value is -2.07. The van der Waals surface area contributed by atoms with Gasteiger partial charge in [0.2, 0.25) is 0 Å². The van der Waals surface area contributed by atoms with Gasteiger partial charge in [0.15, 0.2) is 5.82 Å². The SMILES string of the molecule is Cc1cc(-c2nc(Cl)c3cc(F)ccc3n2)ccc1F. The maximum Gasteiger partial charge on any atom is 0.161 e. The third kappa shape index (κ3) is 2.23. The van der Waals surface area contributed by atoms with Crippen LogP contribution in [0.25, 0.3) is 22.3 Å². The molecule has 5 heteroatoms. The summed E-state index contributed by atoms with van der Waals surface area (Å²) in [5.74, 6) is -0.298. The molecule has 0 unspecified atom stereocenters. The molecular weight excluding hydrogens is 282 g/mol. The first kappa shape index (κ1) is 12.9. The van der Waals surface area contributed by atoms with Gasteiger partial charge >= 0.3 is 0 Å². The standard InChI is InChI=1S/C15H9ClF2N2/c1-8-6-9(2-4-12(8)18)15-19-13-5-3-10(17)7-11(13)14(16)20-15/h2-7H,1H3. The number of halogens is 3. The van der Waals surface area contributed by atoms with Crippen LogP contribution in [0.5, 0.6) is 0 Å². The predicted octanol–water partition coefficient (Wildman–Crippen LogP) is 4.54. The Kier molecular flexibility index (Phi) is 3.10. The Balaban J connectivity index is 2.21. The monoisotopic (exact) mass is 290 g/mol. The molecule has 1 heterocycles. The summed E-state index contributed by atoms with van der Waals surface area (Å²) >= 11 is 6.06. The molecule has 0 amide bonds. The van der Waals surface area contributed by atoms with Crippen LogP contribution in [0.1, 0.15) is 5.56 Å². The van der Waals surface area contributed by atoms with Crippen molar-refractivity contribution in [2.75, 3.05) is 0 Å². The first-order valence-electron chi connectivity index (χ1n) is 5.94. The molecule has 2 aromatic carbocycles. The molecule has 0 fully saturated rings. The van der Waals surface area contributed by atoms with Gasteiger partial charge in [0.25, 0.3) is 0 Å². The normalized spacial score (nSPS) is 11.0. The molecule has 0 saturated heterocycles. The summed E-state index contributed by atoms with van der Waals surface area (Å²) in [5.41, 5.74) is 1.71. The third-order valence-electron chi connectivity index (χ3n) is 3.03. The van der Waals surface area contributed by atoms with Crippen LogP contribution in [0.4, 0.5) is 8.78 Å². The Bertz CT molecular complexity index is 818. The van der Waals surface area contributed by atoms with E-state index in [-0.39, 0.29) is 11.0 Å². The molecule has 1 aromatic heterocycles. The second-order valence-corrected chi connectivity index (χ2v) is 4.82. The molecule has 0 bridgehead atoms. The molecule has 3 rings (SSSR count). The Morgan fingerprint density at radius 1 is 1.00 bits per heavy atom. The van der Waals surface area contributed by atoms with E-state index in [0.29, 0.717) is 27.9 Å². The molecule has 0 spiro atoms. The third-order valence-corrected chi connectivity index (χ3v) is 3.32. The highest BCUT2D eigenvalue weighted by Gasteiger charge is 2.10. The van der Waals surface area contributed by atoms with Crippen molar-refractivity contribution < 1.29 is 8.78 Å². The Morgan fingerprint density at radius 3 is 2.55 bits per heavy atom. The summed E-state index contributed by atoms with van der Waals surface area (Å²) in [6.07, 6.45) is 0. The molecular formula is C15H9ClF2N2. The van der Waals surface area contributed by atoms with Crippen molar-refractivity contribution in [3.8, 4) is 11.4 Å². The van der Waals surface area contributed by atoms with Crippen LogP contribution in [-0.4, -0.2) is 9.97 Å². The molecule has 20 heavy (non-hydrogen) atoms. The lowest BCUT2D eigenvalue weighted by Gasteiger charge is -2.06. The maximum absolute atomic E-state index is 13.3. The van der Waals surface area contributed by atoms with E-state index >= 15 is 0 Å². The highest BCUT2D eigenvalue weighted by atomic mass is 35.5. The maximum atomic E-state index is 13.3. The minimum Gasteiger partial charge on any atom is -0.228 e. The zero-order valence-corrected chi connectivity index (χ0v) is 11.2. The van der Waals surface area contributed by atoms with Crippen LogP contribution in [0.3, 0.4) is 0 Å². The van der Waals surface area contributed by atoms with Gasteiger partial charge < -0.3 is 0 Å². The molecule has 2 nitrogen and oxygen atoms in total. The van der Waals surface area contributed by atoms with Crippen LogP contribution >= 0.6 is 11.6 Å². The van der Waals surface area contributed by atoms with Crippen molar-refractivity contribution >= 4 is 22.5 Å². The van der Waals surface area contributed by atoms with E-state index in [0.717, 1.165) is 0 Å². The summed E-state index contributed by atoms with van der Waals surface area (Å²) in [6.45, 7) is 1.66. The van der Waals surface area contributed by atoms with E-state index in [1.54, 1.807) is 19.1 Å². The van der Waals surface area contributed by atoms with Crippen LogP contribution in [0.2, 0.25) is 5.15 Å². The van der Waals surface area contributed by atoms with Crippen LogP contribution < -0.4 is 0 Å². The number of aromatic nitrogens is 2. The molecule has 0 N–H and O–H groups in total. The predicted molar refractivity (Wildman–Crippen MR) is 74.6 cm³/mol. The second-order valence-electron chi connectivity index (χ2n) is 4.46. The van der Waals surface area contributed by atoms with E-state index < -0.39 is 5.82 Å². The minimum absolute atomic E-state index is 0.173. The van der Waals surface area contributed by atoms with Gasteiger partial charge in [-0.2, -0.15) is 0 Å². The van der Waals surface area contributed by atoms with Gasteiger partial charge in [-0.3, -0.25) is 0 Å². The molecule has 3 aromatic rings. The summed E-state index contributed by atoms with van der Waals surface area (Å²) in [5, 5.41) is 0.626. The fourth-order valence-electron chi connectivity index (χ4n) is 1.98. The summed E-state index contributed by atoms with van der Waals surface area (Å²) in [7, 11) is 0. The van der Waals surface area contributed by atoms with Crippen molar-refractivity contribution in [3.63, 3.8) is 0 Å². The zero-order chi connectivity index (χ0) is 14.3. The van der Waals surface area contributed by atoms with Gasteiger partial charge in [0.05, 0.1) is 5.52 Å². The van der Waals surface area contributed by atoms with E-state index in [2.05, 4.69) is 9.97 Å². The number of aryl methyl sites for hydroxylation is 1. The number of fused-ring (bicyclic) bond motifs is 1. The van der Waals surface area contributed by atoms with Crippen molar-refractivity contribution in [2.24, 2.45) is 0 Å². The summed E-state index contributed by atoms with van der Waals surface area (Å²) in [6, 6.07) is 8.73. The molecule has 0 aliphatic carbocycles. The number of rotatable bonds is 1. The van der Waals surface area contributed by atoms with Gasteiger partial charge in [-0.05, 0) is 48.9 Å². The van der Waals surface area contributed by atoms with Crippen molar-refractivity contribution in [3.05, 3.63) is 58.7 Å².